The zero-order valence-corrected chi connectivity index (χ0v) is 18.0. The second-order valence-electron chi connectivity index (χ2n) is 7.43. The van der Waals surface area contributed by atoms with Gasteiger partial charge < -0.3 is 10.8 Å². The molecule has 0 aliphatic carbocycles. The average molecular weight is 451 g/mol. The number of tetrazole rings is 1. The number of hydrogen-bond acceptors (Lipinski definition) is 7. The van der Waals surface area contributed by atoms with Crippen molar-refractivity contribution in [2.45, 2.75) is 13.5 Å². The normalized spacial score (nSPS) is 11.3. The number of halogens is 2. The third-order valence-electron chi connectivity index (χ3n) is 5.35. The maximum Gasteiger partial charge on any atom is 0.190 e. The Hall–Kier alpha value is -3.76. The van der Waals surface area contributed by atoms with Crippen molar-refractivity contribution < 1.29 is 13.9 Å². The molecule has 0 saturated heterocycles. The van der Waals surface area contributed by atoms with E-state index in [1.165, 1.54) is 12.1 Å². The minimum Gasteiger partial charge on any atom is -0.395 e. The van der Waals surface area contributed by atoms with Gasteiger partial charge in [0.25, 0.3) is 0 Å². The van der Waals surface area contributed by atoms with Crippen molar-refractivity contribution in [2.24, 2.45) is 0 Å². The van der Waals surface area contributed by atoms with Gasteiger partial charge in [-0.15, -0.1) is 5.10 Å². The maximum atomic E-state index is 14.4. The van der Waals surface area contributed by atoms with Gasteiger partial charge in [-0.3, -0.25) is 4.90 Å². The lowest BCUT2D eigenvalue weighted by atomic mass is 10.0. The van der Waals surface area contributed by atoms with Crippen LogP contribution in [-0.2, 0) is 6.54 Å². The van der Waals surface area contributed by atoms with E-state index in [2.05, 4.69) is 32.3 Å². The highest BCUT2D eigenvalue weighted by molar-refractivity contribution is 5.76. The fourth-order valence-corrected chi connectivity index (χ4v) is 3.54. The highest BCUT2D eigenvalue weighted by atomic mass is 19.2. The van der Waals surface area contributed by atoms with Gasteiger partial charge in [-0.1, -0.05) is 37.3 Å². The molecular formula is C23H23F2N7O. The van der Waals surface area contributed by atoms with Gasteiger partial charge in [0, 0.05) is 24.8 Å². The molecule has 0 saturated carbocycles. The van der Waals surface area contributed by atoms with Crippen molar-refractivity contribution in [3.63, 3.8) is 0 Å². The van der Waals surface area contributed by atoms with E-state index in [0.717, 1.165) is 40.5 Å². The first-order chi connectivity index (χ1) is 16.0. The number of nitrogen functional groups attached to an aromatic ring is 1. The Balaban J connectivity index is 1.67. The zero-order chi connectivity index (χ0) is 23.4. The standard InChI is InChI=1S/C23H23F2N7O/c1-2-31(10-11-33)14-15-6-8-16(9-7-15)17-12-18(22(26)27-13-17)23-28-29-30-32(23)20-5-3-4-19(24)21(20)25/h3-9,12-13,33H,2,10-11,14H2,1H3,(H2,26,27). The first kappa shape index (κ1) is 22.4. The molecule has 4 aromatic rings. The Morgan fingerprint density at radius 1 is 1.09 bits per heavy atom. The SMILES string of the molecule is CCN(CCO)Cc1ccc(-c2cnc(N)c(-c3nnnn3-c3cccc(F)c3F)c2)cc1. The molecule has 33 heavy (non-hydrogen) atoms. The van der Waals surface area contributed by atoms with E-state index in [-0.39, 0.29) is 23.9 Å². The van der Waals surface area contributed by atoms with E-state index in [0.29, 0.717) is 12.1 Å². The number of hydrogen-bond donors (Lipinski definition) is 2. The minimum absolute atomic E-state index is 0.116. The molecular weight excluding hydrogens is 428 g/mol. The Morgan fingerprint density at radius 2 is 1.88 bits per heavy atom. The topological polar surface area (TPSA) is 106 Å². The van der Waals surface area contributed by atoms with Crippen LogP contribution < -0.4 is 5.73 Å². The molecule has 3 N–H and O–H groups in total. The third-order valence-corrected chi connectivity index (χ3v) is 5.35. The summed E-state index contributed by atoms with van der Waals surface area (Å²) in [5, 5.41) is 20.6. The van der Waals surface area contributed by atoms with Crippen LogP contribution in [0.4, 0.5) is 14.6 Å². The molecule has 0 unspecified atom stereocenters. The van der Waals surface area contributed by atoms with Crippen LogP contribution in [0.2, 0.25) is 0 Å². The summed E-state index contributed by atoms with van der Waals surface area (Å²) >= 11 is 0. The lowest BCUT2D eigenvalue weighted by Gasteiger charge is -2.19. The zero-order valence-electron chi connectivity index (χ0n) is 18.0. The van der Waals surface area contributed by atoms with Crippen molar-refractivity contribution in [1.29, 1.82) is 0 Å². The van der Waals surface area contributed by atoms with Crippen molar-refractivity contribution in [3.8, 4) is 28.2 Å². The number of nitrogens with zero attached hydrogens (tertiary/aromatic N) is 6. The van der Waals surface area contributed by atoms with Crippen molar-refractivity contribution >= 4 is 5.82 Å². The summed E-state index contributed by atoms with van der Waals surface area (Å²) in [6.45, 7) is 4.36. The highest BCUT2D eigenvalue weighted by Gasteiger charge is 2.19. The van der Waals surface area contributed by atoms with Gasteiger partial charge >= 0.3 is 0 Å². The second-order valence-corrected chi connectivity index (χ2v) is 7.43. The summed E-state index contributed by atoms with van der Waals surface area (Å²) in [6.07, 6.45) is 1.63. The summed E-state index contributed by atoms with van der Waals surface area (Å²) in [4.78, 5) is 6.40. The number of rotatable bonds is 8. The molecule has 0 radical (unpaired) electrons. The van der Waals surface area contributed by atoms with Crippen molar-refractivity contribution in [2.75, 3.05) is 25.4 Å². The number of likely N-dealkylation sites (N-methyl/N-ethyl adjacent to an activating group) is 1. The molecule has 2 aromatic heterocycles. The molecule has 10 heteroatoms. The first-order valence-corrected chi connectivity index (χ1v) is 10.4. The first-order valence-electron chi connectivity index (χ1n) is 10.4. The molecule has 170 valence electrons. The van der Waals surface area contributed by atoms with Crippen LogP contribution in [-0.4, -0.2) is 54.9 Å². The van der Waals surface area contributed by atoms with E-state index in [1.807, 2.05) is 24.3 Å². The summed E-state index contributed by atoms with van der Waals surface area (Å²) < 4.78 is 29.2. The van der Waals surface area contributed by atoms with Gasteiger partial charge in [-0.05, 0) is 46.3 Å². The maximum absolute atomic E-state index is 14.4. The molecule has 0 aliphatic heterocycles. The number of nitrogens with two attached hydrogens (primary N) is 1. The van der Waals surface area contributed by atoms with Gasteiger partial charge in [0.2, 0.25) is 0 Å². The Bertz CT molecular complexity index is 1240. The molecule has 8 nitrogen and oxygen atoms in total. The average Bonchev–Trinajstić information content (AvgIpc) is 3.31. The smallest absolute Gasteiger partial charge is 0.190 e. The minimum atomic E-state index is -1.06. The number of aliphatic hydroxyl groups excluding tert-OH is 1. The summed E-state index contributed by atoms with van der Waals surface area (Å²) in [7, 11) is 0. The van der Waals surface area contributed by atoms with E-state index in [4.69, 9.17) is 5.73 Å². The van der Waals surface area contributed by atoms with Crippen molar-refractivity contribution in [1.82, 2.24) is 30.1 Å². The van der Waals surface area contributed by atoms with Gasteiger partial charge in [0.05, 0.1) is 12.2 Å². The molecule has 0 atom stereocenters. The monoisotopic (exact) mass is 451 g/mol. The van der Waals surface area contributed by atoms with Crippen LogP contribution in [0.3, 0.4) is 0 Å². The Morgan fingerprint density at radius 3 is 2.61 bits per heavy atom. The molecule has 0 aliphatic rings. The molecule has 2 heterocycles. The predicted molar refractivity (Wildman–Crippen MR) is 120 cm³/mol. The number of benzene rings is 2. The summed E-state index contributed by atoms with van der Waals surface area (Å²) in [6, 6.07) is 13.5. The summed E-state index contributed by atoms with van der Waals surface area (Å²) in [5.41, 5.74) is 9.12. The van der Waals surface area contributed by atoms with E-state index >= 15 is 0 Å². The van der Waals surface area contributed by atoms with Crippen LogP contribution in [0.25, 0.3) is 28.2 Å². The summed E-state index contributed by atoms with van der Waals surface area (Å²) in [5.74, 6) is -1.77. The van der Waals surface area contributed by atoms with Crippen molar-refractivity contribution in [3.05, 3.63) is 71.9 Å². The molecule has 0 amide bonds. The largest absolute Gasteiger partial charge is 0.395 e. The number of aliphatic hydroxyl groups is 1. The third kappa shape index (κ3) is 4.71. The fraction of sp³-hybridized carbons (Fsp3) is 0.217. The molecule has 0 bridgehead atoms. The van der Waals surface area contributed by atoms with Crippen LogP contribution in [0, 0.1) is 11.6 Å². The quantitative estimate of drug-likeness (QED) is 0.424. The van der Waals surface area contributed by atoms with E-state index < -0.39 is 11.6 Å². The van der Waals surface area contributed by atoms with Gasteiger partial charge in [0.1, 0.15) is 11.5 Å². The highest BCUT2D eigenvalue weighted by Crippen LogP contribution is 2.30. The fourth-order valence-electron chi connectivity index (χ4n) is 3.54. The molecule has 2 aromatic carbocycles. The van der Waals surface area contributed by atoms with Crippen LogP contribution in [0.5, 0.6) is 0 Å². The molecule has 0 spiro atoms. The van der Waals surface area contributed by atoms with Crippen LogP contribution in [0.15, 0.2) is 54.7 Å². The van der Waals surface area contributed by atoms with E-state index in [9.17, 15) is 13.9 Å². The lowest BCUT2D eigenvalue weighted by Crippen LogP contribution is -2.25. The Labute approximate surface area is 189 Å². The molecule has 4 rings (SSSR count). The lowest BCUT2D eigenvalue weighted by molar-refractivity contribution is 0.197. The van der Waals surface area contributed by atoms with Gasteiger partial charge in [-0.2, -0.15) is 4.68 Å². The Kier molecular flexibility index (Phi) is 6.66. The number of anilines is 1. The van der Waals surface area contributed by atoms with Gasteiger partial charge in [0.15, 0.2) is 17.5 Å². The van der Waals surface area contributed by atoms with Gasteiger partial charge in [-0.25, -0.2) is 13.8 Å². The number of pyridine rings is 1. The van der Waals surface area contributed by atoms with Crippen LogP contribution in [0.1, 0.15) is 12.5 Å². The number of aromatic nitrogens is 5. The molecule has 0 fully saturated rings. The predicted octanol–water partition coefficient (Wildman–Crippen LogP) is 3.07. The van der Waals surface area contributed by atoms with E-state index in [1.54, 1.807) is 12.3 Å². The van der Waals surface area contributed by atoms with Crippen LogP contribution >= 0.6 is 0 Å². The second kappa shape index (κ2) is 9.80.